The number of hydrogen-bond acceptors (Lipinski definition) is 7. The van der Waals surface area contributed by atoms with Crippen LogP contribution < -0.4 is 26.6 Å². The van der Waals surface area contributed by atoms with Crippen LogP contribution in [-0.4, -0.2) is 28.0 Å². The highest BCUT2D eigenvalue weighted by Gasteiger charge is 2.23. The van der Waals surface area contributed by atoms with Gasteiger partial charge in [0, 0.05) is 31.3 Å². The normalized spacial score (nSPS) is 21.7. The SMILES string of the molecule is CC(=O)N[C@H]1CC[C@H](Nc2nccc(N3NNc4ccccc43)n2)CC1. The number of anilines is 4. The molecule has 0 atom stereocenters. The summed E-state index contributed by atoms with van der Waals surface area (Å²) < 4.78 is 0. The fourth-order valence-electron chi connectivity index (χ4n) is 3.53. The Balaban J connectivity index is 1.41. The monoisotopic (exact) mass is 353 g/mol. The standard InChI is InChI=1S/C18H23N7O/c1-12(26)20-13-6-8-14(9-7-13)21-18-19-11-10-17(22-18)25-16-5-3-2-4-15(16)23-24-25/h2-5,10-11,13-14,23-24H,6-9H2,1H3,(H,20,26)(H,19,21,22)/t13-,14-. The maximum atomic E-state index is 11.2. The van der Waals surface area contributed by atoms with Gasteiger partial charge < -0.3 is 16.1 Å². The lowest BCUT2D eigenvalue weighted by Gasteiger charge is -2.29. The van der Waals surface area contributed by atoms with Gasteiger partial charge in [-0.2, -0.15) is 4.98 Å². The van der Waals surface area contributed by atoms with Crippen LogP contribution in [-0.2, 0) is 4.79 Å². The van der Waals surface area contributed by atoms with E-state index in [1.165, 1.54) is 0 Å². The molecule has 1 saturated carbocycles. The number of nitrogens with one attached hydrogen (secondary N) is 4. The Morgan fingerprint density at radius 1 is 1.15 bits per heavy atom. The molecular weight excluding hydrogens is 330 g/mol. The first-order chi connectivity index (χ1) is 12.7. The van der Waals surface area contributed by atoms with E-state index in [-0.39, 0.29) is 11.9 Å². The van der Waals surface area contributed by atoms with E-state index in [2.05, 4.69) is 31.6 Å². The fourth-order valence-corrected chi connectivity index (χ4v) is 3.53. The van der Waals surface area contributed by atoms with Gasteiger partial charge in [0.25, 0.3) is 0 Å². The summed E-state index contributed by atoms with van der Waals surface area (Å²) >= 11 is 0. The Morgan fingerprint density at radius 2 is 1.92 bits per heavy atom. The number of amides is 1. The molecule has 0 saturated heterocycles. The van der Waals surface area contributed by atoms with Crippen molar-refractivity contribution in [1.29, 1.82) is 0 Å². The number of aromatic nitrogens is 2. The first kappa shape index (κ1) is 16.6. The zero-order chi connectivity index (χ0) is 17.9. The van der Waals surface area contributed by atoms with E-state index in [1.807, 2.05) is 35.3 Å². The molecule has 0 spiro atoms. The van der Waals surface area contributed by atoms with Gasteiger partial charge in [0.15, 0.2) is 5.82 Å². The van der Waals surface area contributed by atoms with Crippen LogP contribution in [0.2, 0.25) is 0 Å². The van der Waals surface area contributed by atoms with Gasteiger partial charge in [-0.05, 0) is 37.8 Å². The van der Waals surface area contributed by atoms with Gasteiger partial charge >= 0.3 is 0 Å². The quantitative estimate of drug-likeness (QED) is 0.670. The van der Waals surface area contributed by atoms with Crippen molar-refractivity contribution in [3.63, 3.8) is 0 Å². The Kier molecular flexibility index (Phi) is 4.57. The van der Waals surface area contributed by atoms with Crippen LogP contribution in [0.25, 0.3) is 0 Å². The summed E-state index contributed by atoms with van der Waals surface area (Å²) in [7, 11) is 0. The first-order valence-electron chi connectivity index (χ1n) is 8.96. The Hall–Kier alpha value is -2.87. The summed E-state index contributed by atoms with van der Waals surface area (Å²) in [4.78, 5) is 20.2. The first-order valence-corrected chi connectivity index (χ1v) is 8.96. The molecule has 0 bridgehead atoms. The Morgan fingerprint density at radius 3 is 2.73 bits per heavy atom. The number of hydrazine groups is 2. The van der Waals surface area contributed by atoms with Crippen LogP contribution in [0.4, 0.5) is 23.1 Å². The second-order valence-electron chi connectivity index (χ2n) is 6.72. The van der Waals surface area contributed by atoms with Crippen molar-refractivity contribution in [3.8, 4) is 0 Å². The summed E-state index contributed by atoms with van der Waals surface area (Å²) in [6.07, 6.45) is 5.69. The largest absolute Gasteiger partial charge is 0.354 e. The number of fused-ring (bicyclic) bond motifs is 1. The predicted octanol–water partition coefficient (Wildman–Crippen LogP) is 2.32. The van der Waals surface area contributed by atoms with Crippen LogP contribution in [0.15, 0.2) is 36.5 Å². The number of para-hydroxylation sites is 2. The second-order valence-corrected chi connectivity index (χ2v) is 6.72. The highest BCUT2D eigenvalue weighted by Crippen LogP contribution is 2.33. The topological polar surface area (TPSA) is 94.2 Å². The van der Waals surface area contributed by atoms with E-state index in [9.17, 15) is 4.79 Å². The molecule has 1 aliphatic carbocycles. The molecule has 0 radical (unpaired) electrons. The summed E-state index contributed by atoms with van der Waals surface area (Å²) in [6.45, 7) is 1.57. The van der Waals surface area contributed by atoms with Crippen LogP contribution in [0.1, 0.15) is 32.6 Å². The van der Waals surface area contributed by atoms with Crippen LogP contribution >= 0.6 is 0 Å². The average molecular weight is 353 g/mol. The van der Waals surface area contributed by atoms with Gasteiger partial charge in [-0.3, -0.25) is 4.79 Å². The van der Waals surface area contributed by atoms with Gasteiger partial charge in [0.1, 0.15) is 0 Å². The van der Waals surface area contributed by atoms with Crippen molar-refractivity contribution in [2.24, 2.45) is 0 Å². The minimum atomic E-state index is 0.0458. The van der Waals surface area contributed by atoms with Crippen molar-refractivity contribution < 1.29 is 4.79 Å². The van der Waals surface area contributed by atoms with Crippen LogP contribution in [0.5, 0.6) is 0 Å². The molecule has 1 aliphatic heterocycles. The van der Waals surface area contributed by atoms with Crippen molar-refractivity contribution in [3.05, 3.63) is 36.5 Å². The summed E-state index contributed by atoms with van der Waals surface area (Å²) in [5, 5.41) is 8.33. The highest BCUT2D eigenvalue weighted by molar-refractivity contribution is 5.78. The maximum absolute atomic E-state index is 11.2. The van der Waals surface area contributed by atoms with Crippen molar-refractivity contribution >= 4 is 29.0 Å². The summed E-state index contributed by atoms with van der Waals surface area (Å²) in [5.74, 6) is 1.44. The minimum absolute atomic E-state index is 0.0458. The average Bonchev–Trinajstić information content (AvgIpc) is 3.07. The van der Waals surface area contributed by atoms with Crippen molar-refractivity contribution in [2.75, 3.05) is 15.8 Å². The molecule has 1 amide bonds. The Labute approximate surface area is 152 Å². The van der Waals surface area contributed by atoms with Gasteiger partial charge in [0.05, 0.1) is 11.4 Å². The molecule has 1 fully saturated rings. The van der Waals surface area contributed by atoms with Gasteiger partial charge in [-0.1, -0.05) is 12.1 Å². The van der Waals surface area contributed by atoms with E-state index < -0.39 is 0 Å². The molecule has 8 nitrogen and oxygen atoms in total. The van der Waals surface area contributed by atoms with Gasteiger partial charge in [-0.25, -0.2) is 9.99 Å². The van der Waals surface area contributed by atoms with E-state index in [1.54, 1.807) is 13.1 Å². The molecular formula is C18H23N7O. The second kappa shape index (κ2) is 7.17. The molecule has 2 aliphatic rings. The molecule has 4 rings (SSSR count). The van der Waals surface area contributed by atoms with Gasteiger partial charge in [-0.15, -0.1) is 5.53 Å². The van der Waals surface area contributed by atoms with E-state index >= 15 is 0 Å². The van der Waals surface area contributed by atoms with Crippen LogP contribution in [0.3, 0.4) is 0 Å². The molecule has 4 N–H and O–H groups in total. The fraction of sp³-hybridized carbons (Fsp3) is 0.389. The number of nitrogens with zero attached hydrogens (tertiary/aromatic N) is 3. The number of rotatable bonds is 4. The third-order valence-electron chi connectivity index (χ3n) is 4.79. The number of carbonyl (C=O) groups excluding carboxylic acids is 1. The minimum Gasteiger partial charge on any atom is -0.354 e. The zero-order valence-electron chi connectivity index (χ0n) is 14.7. The lowest BCUT2D eigenvalue weighted by Crippen LogP contribution is -2.39. The van der Waals surface area contributed by atoms with E-state index in [0.717, 1.165) is 42.9 Å². The number of benzene rings is 1. The molecule has 2 heterocycles. The molecule has 26 heavy (non-hydrogen) atoms. The van der Waals surface area contributed by atoms with Crippen molar-refractivity contribution in [1.82, 2.24) is 20.8 Å². The lowest BCUT2D eigenvalue weighted by molar-refractivity contribution is -0.119. The third-order valence-corrected chi connectivity index (χ3v) is 4.79. The molecule has 2 aromatic rings. The Bertz CT molecular complexity index is 789. The molecule has 136 valence electrons. The van der Waals surface area contributed by atoms with Crippen LogP contribution in [0, 0.1) is 0 Å². The van der Waals surface area contributed by atoms with Gasteiger partial charge in [0.2, 0.25) is 11.9 Å². The van der Waals surface area contributed by atoms with E-state index in [4.69, 9.17) is 0 Å². The van der Waals surface area contributed by atoms with E-state index in [0.29, 0.717) is 12.0 Å². The highest BCUT2D eigenvalue weighted by atomic mass is 16.1. The maximum Gasteiger partial charge on any atom is 0.224 e. The molecule has 0 unspecified atom stereocenters. The molecule has 1 aromatic heterocycles. The zero-order valence-corrected chi connectivity index (χ0v) is 14.7. The third kappa shape index (κ3) is 3.55. The number of carbonyl (C=O) groups is 1. The molecule has 8 heteroatoms. The predicted molar refractivity (Wildman–Crippen MR) is 101 cm³/mol. The summed E-state index contributed by atoms with van der Waals surface area (Å²) in [5.41, 5.74) is 8.28. The molecule has 1 aromatic carbocycles. The number of hydrogen-bond donors (Lipinski definition) is 4. The summed E-state index contributed by atoms with van der Waals surface area (Å²) in [6, 6.07) is 10.5. The van der Waals surface area contributed by atoms with Crippen molar-refractivity contribution in [2.45, 2.75) is 44.7 Å². The lowest BCUT2D eigenvalue weighted by atomic mass is 9.91. The smallest absolute Gasteiger partial charge is 0.224 e.